The van der Waals surface area contributed by atoms with Gasteiger partial charge in [0.2, 0.25) is 0 Å². The molecule has 3 aromatic rings. The Bertz CT molecular complexity index is 885. The third-order valence-electron chi connectivity index (χ3n) is 4.96. The lowest BCUT2D eigenvalue weighted by Gasteiger charge is -2.30. The van der Waals surface area contributed by atoms with Gasteiger partial charge in [-0.3, -0.25) is 4.79 Å². The van der Waals surface area contributed by atoms with Gasteiger partial charge in [-0.25, -0.2) is 0 Å². The van der Waals surface area contributed by atoms with E-state index in [1.165, 1.54) is 10.9 Å². The minimum atomic E-state index is -1.09. The van der Waals surface area contributed by atoms with Crippen molar-refractivity contribution in [3.8, 4) is 0 Å². The highest BCUT2D eigenvalue weighted by Crippen LogP contribution is 2.36. The summed E-state index contributed by atoms with van der Waals surface area (Å²) in [4.78, 5) is 17.7. The third-order valence-corrected chi connectivity index (χ3v) is 4.96. The van der Waals surface area contributed by atoms with Gasteiger partial charge in [-0.1, -0.05) is 48.5 Å². The highest BCUT2D eigenvalue weighted by molar-refractivity contribution is 5.88. The molecule has 122 valence electrons. The first kappa shape index (κ1) is 15.0. The maximum atomic E-state index is 12.6. The lowest BCUT2D eigenvalue weighted by molar-refractivity contribution is -0.139. The summed E-state index contributed by atoms with van der Waals surface area (Å²) in [7, 11) is 1.76. The van der Waals surface area contributed by atoms with Crippen molar-refractivity contribution in [2.75, 3.05) is 13.6 Å². The van der Waals surface area contributed by atoms with Crippen molar-refractivity contribution in [3.05, 3.63) is 71.4 Å². The molecule has 0 aliphatic carbocycles. The summed E-state index contributed by atoms with van der Waals surface area (Å²) in [5.74, 6) is -0.614. The normalized spacial score (nSPS) is 21.4. The number of aliphatic hydroxyl groups excluding tert-OH is 1. The first-order chi connectivity index (χ1) is 11.7. The molecule has 0 saturated carbocycles. The number of aromatic nitrogens is 1. The summed E-state index contributed by atoms with van der Waals surface area (Å²) < 4.78 is 0. The Balaban J connectivity index is 1.97. The van der Waals surface area contributed by atoms with Crippen LogP contribution in [0.15, 0.2) is 54.6 Å². The molecule has 24 heavy (non-hydrogen) atoms. The van der Waals surface area contributed by atoms with Gasteiger partial charge in [-0.05, 0) is 23.6 Å². The van der Waals surface area contributed by atoms with Crippen LogP contribution >= 0.6 is 0 Å². The lowest BCUT2D eigenvalue weighted by Crippen LogP contribution is -2.43. The van der Waals surface area contributed by atoms with Crippen LogP contribution in [0, 0.1) is 0 Å². The second kappa shape index (κ2) is 5.80. The van der Waals surface area contributed by atoms with Gasteiger partial charge < -0.3 is 15.0 Å². The Labute approximate surface area is 140 Å². The Morgan fingerprint density at radius 3 is 2.58 bits per heavy atom. The number of para-hydroxylation sites is 1. The fraction of sp³-hybridized carbons (Fsp3) is 0.250. The molecule has 0 radical (unpaired) electrons. The molecule has 0 bridgehead atoms. The number of carbonyl (C=O) groups is 1. The van der Waals surface area contributed by atoms with Gasteiger partial charge in [0.15, 0.2) is 0 Å². The predicted octanol–water partition coefficient (Wildman–Crippen LogP) is 2.68. The van der Waals surface area contributed by atoms with Gasteiger partial charge in [0.05, 0.1) is 5.92 Å². The van der Waals surface area contributed by atoms with Crippen molar-refractivity contribution >= 4 is 16.8 Å². The molecule has 0 spiro atoms. The molecule has 1 aliphatic rings. The summed E-state index contributed by atoms with van der Waals surface area (Å²) >= 11 is 0. The molecule has 2 unspecified atom stereocenters. The van der Waals surface area contributed by atoms with Crippen LogP contribution in [-0.2, 0) is 11.2 Å². The summed E-state index contributed by atoms with van der Waals surface area (Å²) in [6.45, 7) is 0.603. The molecular weight excluding hydrogens is 300 g/mol. The van der Waals surface area contributed by atoms with E-state index in [1.54, 1.807) is 11.9 Å². The third kappa shape index (κ3) is 2.31. The second-order valence-electron chi connectivity index (χ2n) is 6.41. The van der Waals surface area contributed by atoms with E-state index in [0.29, 0.717) is 6.54 Å². The van der Waals surface area contributed by atoms with E-state index in [9.17, 15) is 9.90 Å². The van der Waals surface area contributed by atoms with Gasteiger partial charge in [0, 0.05) is 30.2 Å². The Hall–Kier alpha value is -2.59. The molecule has 0 saturated heterocycles. The monoisotopic (exact) mass is 320 g/mol. The Morgan fingerprint density at radius 1 is 1.08 bits per heavy atom. The van der Waals surface area contributed by atoms with Crippen LogP contribution in [0.4, 0.5) is 0 Å². The molecule has 2 N–H and O–H groups in total. The molecule has 2 heterocycles. The molecule has 4 heteroatoms. The van der Waals surface area contributed by atoms with E-state index in [4.69, 9.17) is 0 Å². The molecule has 4 nitrogen and oxygen atoms in total. The van der Waals surface area contributed by atoms with Gasteiger partial charge in [-0.2, -0.15) is 0 Å². The minimum absolute atomic E-state index is 0.229. The zero-order valence-electron chi connectivity index (χ0n) is 13.6. The zero-order valence-corrected chi connectivity index (χ0v) is 13.6. The molecule has 1 aliphatic heterocycles. The van der Waals surface area contributed by atoms with Crippen LogP contribution in [0.2, 0.25) is 0 Å². The number of fused-ring (bicyclic) bond motifs is 3. The number of H-pyrrole nitrogens is 1. The molecule has 1 amide bonds. The molecule has 2 aromatic carbocycles. The van der Waals surface area contributed by atoms with Crippen LogP contribution in [0.5, 0.6) is 0 Å². The van der Waals surface area contributed by atoms with Crippen molar-refractivity contribution in [1.29, 1.82) is 0 Å². The Kier molecular flexibility index (Phi) is 3.62. The van der Waals surface area contributed by atoms with Gasteiger partial charge in [0.25, 0.3) is 5.91 Å². The average Bonchev–Trinajstić information content (AvgIpc) is 2.97. The number of benzene rings is 2. The number of rotatable bonds is 1. The van der Waals surface area contributed by atoms with Crippen LogP contribution in [-0.4, -0.2) is 40.6 Å². The first-order valence-electron chi connectivity index (χ1n) is 8.24. The smallest absolute Gasteiger partial charge is 0.252 e. The number of nitrogens with zero attached hydrogens (tertiary/aromatic N) is 1. The number of aliphatic hydroxyl groups is 1. The first-order valence-corrected chi connectivity index (χ1v) is 8.24. The van der Waals surface area contributed by atoms with E-state index in [-0.39, 0.29) is 11.8 Å². The van der Waals surface area contributed by atoms with Crippen molar-refractivity contribution in [2.24, 2.45) is 0 Å². The highest BCUT2D eigenvalue weighted by Gasteiger charge is 2.35. The van der Waals surface area contributed by atoms with Crippen LogP contribution in [0.1, 0.15) is 22.7 Å². The van der Waals surface area contributed by atoms with Crippen LogP contribution in [0.25, 0.3) is 10.9 Å². The number of hydrogen-bond acceptors (Lipinski definition) is 2. The van der Waals surface area contributed by atoms with Crippen LogP contribution in [0.3, 0.4) is 0 Å². The van der Waals surface area contributed by atoms with Gasteiger partial charge in [0.1, 0.15) is 6.10 Å². The molecule has 4 rings (SSSR count). The number of nitrogens with one attached hydrogen (secondary N) is 1. The number of amides is 1. The largest absolute Gasteiger partial charge is 0.382 e. The number of hydrogen-bond donors (Lipinski definition) is 2. The minimum Gasteiger partial charge on any atom is -0.382 e. The SMILES string of the molecule is CN1CCc2c([nH]c3ccccc23)C(c2ccccc2)C(O)C1=O. The van der Waals surface area contributed by atoms with Crippen LogP contribution < -0.4 is 0 Å². The molecule has 2 atom stereocenters. The number of likely N-dealkylation sites (N-methyl/N-ethyl adjacent to an activating group) is 1. The fourth-order valence-corrected chi connectivity index (χ4v) is 3.68. The maximum absolute atomic E-state index is 12.6. The second-order valence-corrected chi connectivity index (χ2v) is 6.41. The van der Waals surface area contributed by atoms with Crippen molar-refractivity contribution in [2.45, 2.75) is 18.4 Å². The van der Waals surface area contributed by atoms with E-state index < -0.39 is 6.10 Å². The summed E-state index contributed by atoms with van der Waals surface area (Å²) in [6, 6.07) is 17.9. The van der Waals surface area contributed by atoms with E-state index in [0.717, 1.165) is 23.2 Å². The quantitative estimate of drug-likeness (QED) is 0.724. The maximum Gasteiger partial charge on any atom is 0.252 e. The van der Waals surface area contributed by atoms with E-state index in [2.05, 4.69) is 11.1 Å². The summed E-state index contributed by atoms with van der Waals surface area (Å²) in [6.07, 6.45) is -0.318. The van der Waals surface area contributed by atoms with E-state index >= 15 is 0 Å². The fourth-order valence-electron chi connectivity index (χ4n) is 3.68. The zero-order chi connectivity index (χ0) is 16.7. The van der Waals surface area contributed by atoms with Gasteiger partial charge >= 0.3 is 0 Å². The lowest BCUT2D eigenvalue weighted by atomic mass is 9.85. The standard InChI is InChI=1S/C20H20N2O2/c1-22-12-11-15-14-9-5-6-10-16(14)21-18(15)17(19(23)20(22)24)13-7-3-2-4-8-13/h2-10,17,19,21,23H,11-12H2,1H3. The predicted molar refractivity (Wildman–Crippen MR) is 93.9 cm³/mol. The van der Waals surface area contributed by atoms with Crippen molar-refractivity contribution in [3.63, 3.8) is 0 Å². The molecule has 1 aromatic heterocycles. The van der Waals surface area contributed by atoms with Gasteiger partial charge in [-0.15, -0.1) is 0 Å². The topological polar surface area (TPSA) is 56.3 Å². The molecule has 0 fully saturated rings. The van der Waals surface area contributed by atoms with E-state index in [1.807, 2.05) is 48.5 Å². The van der Waals surface area contributed by atoms with Crippen molar-refractivity contribution in [1.82, 2.24) is 9.88 Å². The molecular formula is C20H20N2O2. The number of carbonyl (C=O) groups excluding carboxylic acids is 1. The summed E-state index contributed by atoms with van der Waals surface area (Å²) in [5, 5.41) is 12.0. The van der Waals surface area contributed by atoms with Crippen molar-refractivity contribution < 1.29 is 9.90 Å². The highest BCUT2D eigenvalue weighted by atomic mass is 16.3. The summed E-state index contributed by atoms with van der Waals surface area (Å²) in [5.41, 5.74) is 4.14. The average molecular weight is 320 g/mol. The number of aromatic amines is 1. The Morgan fingerprint density at radius 2 is 1.79 bits per heavy atom.